The minimum atomic E-state index is -0.277. The number of nitrogens with zero attached hydrogens (tertiary/aromatic N) is 2. The Bertz CT molecular complexity index is 1250. The van der Waals surface area contributed by atoms with Crippen molar-refractivity contribution < 1.29 is 18.6 Å². The minimum absolute atomic E-state index is 0.277. The molecule has 0 spiro atoms. The summed E-state index contributed by atoms with van der Waals surface area (Å²) in [5, 5.41) is 8.30. The highest BCUT2D eigenvalue weighted by atomic mass is 19.1. The van der Waals surface area contributed by atoms with Gasteiger partial charge in [0.1, 0.15) is 5.82 Å². The molecule has 1 aromatic heterocycles. The van der Waals surface area contributed by atoms with E-state index < -0.39 is 0 Å². The third-order valence-electron chi connectivity index (χ3n) is 5.62. The van der Waals surface area contributed by atoms with Crippen LogP contribution in [0.2, 0.25) is 0 Å². The highest BCUT2D eigenvalue weighted by Crippen LogP contribution is 2.39. The molecule has 0 bridgehead atoms. The maximum atomic E-state index is 13.4. The minimum Gasteiger partial charge on any atom is -0.493 e. The summed E-state index contributed by atoms with van der Waals surface area (Å²) in [4.78, 5) is 0. The van der Waals surface area contributed by atoms with Crippen LogP contribution in [0.15, 0.2) is 66.9 Å². The molecule has 176 valence electrons. The predicted molar refractivity (Wildman–Crippen MR) is 130 cm³/mol. The van der Waals surface area contributed by atoms with E-state index in [-0.39, 0.29) is 5.82 Å². The summed E-state index contributed by atoms with van der Waals surface area (Å²) < 4.78 is 31.7. The fraction of sp³-hybridized carbons (Fsp3) is 0.222. The number of aromatic nitrogens is 2. The van der Waals surface area contributed by atoms with E-state index in [1.807, 2.05) is 18.3 Å². The zero-order chi connectivity index (χ0) is 24.1. The lowest BCUT2D eigenvalue weighted by Gasteiger charge is -2.16. The van der Waals surface area contributed by atoms with Crippen molar-refractivity contribution in [2.75, 3.05) is 21.3 Å². The second-order valence-corrected chi connectivity index (χ2v) is 7.89. The van der Waals surface area contributed by atoms with Crippen LogP contribution in [0.5, 0.6) is 17.2 Å². The summed E-state index contributed by atoms with van der Waals surface area (Å²) >= 11 is 0. The number of rotatable bonds is 9. The summed E-state index contributed by atoms with van der Waals surface area (Å²) in [6, 6.07) is 18.4. The number of hydrogen-bond donors (Lipinski definition) is 1. The van der Waals surface area contributed by atoms with Gasteiger partial charge in [-0.25, -0.2) is 9.07 Å². The Labute approximate surface area is 198 Å². The Hall–Kier alpha value is -3.84. The maximum absolute atomic E-state index is 13.4. The highest BCUT2D eigenvalue weighted by Gasteiger charge is 2.17. The molecule has 1 N–H and O–H groups in total. The average molecular weight is 462 g/mol. The van der Waals surface area contributed by atoms with Crippen molar-refractivity contribution >= 4 is 0 Å². The second kappa shape index (κ2) is 10.4. The Morgan fingerprint density at radius 2 is 1.47 bits per heavy atom. The standard InChI is InChI=1S/C27H28FN3O3/c1-18-5-7-19(8-6-18)25-21(17-31(30-25)23-12-10-22(28)11-13-23)16-29-15-20-9-14-24(32-2)27(34-4)26(20)33-3/h5-14,17,29H,15-16H2,1-4H3. The van der Waals surface area contributed by atoms with Crippen molar-refractivity contribution in [3.63, 3.8) is 0 Å². The van der Waals surface area contributed by atoms with E-state index in [1.54, 1.807) is 38.1 Å². The summed E-state index contributed by atoms with van der Waals surface area (Å²) in [6.07, 6.45) is 1.97. The van der Waals surface area contributed by atoms with E-state index in [1.165, 1.54) is 17.7 Å². The Balaban J connectivity index is 1.61. The van der Waals surface area contributed by atoms with E-state index in [2.05, 4.69) is 36.5 Å². The lowest BCUT2D eigenvalue weighted by atomic mass is 10.1. The van der Waals surface area contributed by atoms with Crippen LogP contribution in [0.3, 0.4) is 0 Å². The van der Waals surface area contributed by atoms with E-state index >= 15 is 0 Å². The SMILES string of the molecule is COc1ccc(CNCc2cn(-c3ccc(F)cc3)nc2-c2ccc(C)cc2)c(OC)c1OC. The first-order chi connectivity index (χ1) is 16.5. The molecule has 4 aromatic rings. The van der Waals surface area contributed by atoms with E-state index in [0.717, 1.165) is 28.1 Å². The van der Waals surface area contributed by atoms with Crippen LogP contribution in [0, 0.1) is 12.7 Å². The van der Waals surface area contributed by atoms with Crippen LogP contribution in [0.4, 0.5) is 4.39 Å². The first kappa shape index (κ1) is 23.3. The van der Waals surface area contributed by atoms with Gasteiger partial charge >= 0.3 is 0 Å². The number of methoxy groups -OCH3 is 3. The van der Waals surface area contributed by atoms with Crippen molar-refractivity contribution in [2.24, 2.45) is 0 Å². The van der Waals surface area contributed by atoms with Crippen LogP contribution in [0.1, 0.15) is 16.7 Å². The third kappa shape index (κ3) is 4.89. The van der Waals surface area contributed by atoms with Gasteiger partial charge in [0.05, 0.1) is 32.7 Å². The molecule has 0 saturated heterocycles. The van der Waals surface area contributed by atoms with E-state index in [0.29, 0.717) is 30.3 Å². The zero-order valence-corrected chi connectivity index (χ0v) is 19.8. The summed E-state index contributed by atoms with van der Waals surface area (Å²) in [6.45, 7) is 3.18. The van der Waals surface area contributed by atoms with Gasteiger partial charge in [0, 0.05) is 36.0 Å². The fourth-order valence-electron chi connectivity index (χ4n) is 3.85. The molecule has 7 heteroatoms. The molecule has 0 atom stereocenters. The van der Waals surface area contributed by atoms with Gasteiger partial charge < -0.3 is 19.5 Å². The lowest BCUT2D eigenvalue weighted by Crippen LogP contribution is -2.14. The maximum Gasteiger partial charge on any atom is 0.203 e. The molecule has 0 amide bonds. The molecule has 1 heterocycles. The van der Waals surface area contributed by atoms with Crippen molar-refractivity contribution in [3.8, 4) is 34.2 Å². The van der Waals surface area contributed by atoms with Crippen LogP contribution >= 0.6 is 0 Å². The molecule has 0 radical (unpaired) electrons. The van der Waals surface area contributed by atoms with Gasteiger partial charge in [-0.05, 0) is 37.3 Å². The molecular formula is C27H28FN3O3. The molecule has 6 nitrogen and oxygen atoms in total. The topological polar surface area (TPSA) is 57.5 Å². The monoisotopic (exact) mass is 461 g/mol. The van der Waals surface area contributed by atoms with Crippen molar-refractivity contribution in [2.45, 2.75) is 20.0 Å². The zero-order valence-electron chi connectivity index (χ0n) is 19.8. The molecule has 3 aromatic carbocycles. The van der Waals surface area contributed by atoms with Gasteiger partial charge in [-0.2, -0.15) is 5.10 Å². The molecule has 4 rings (SSSR count). The first-order valence-electron chi connectivity index (χ1n) is 10.9. The number of hydrogen-bond acceptors (Lipinski definition) is 5. The van der Waals surface area contributed by atoms with E-state index in [9.17, 15) is 4.39 Å². The smallest absolute Gasteiger partial charge is 0.203 e. The molecule has 34 heavy (non-hydrogen) atoms. The Morgan fingerprint density at radius 1 is 0.794 bits per heavy atom. The van der Waals surface area contributed by atoms with Crippen molar-refractivity contribution in [1.29, 1.82) is 0 Å². The normalized spacial score (nSPS) is 10.9. The first-order valence-corrected chi connectivity index (χ1v) is 10.9. The second-order valence-electron chi connectivity index (χ2n) is 7.89. The summed E-state index contributed by atoms with van der Waals surface area (Å²) in [7, 11) is 4.80. The third-order valence-corrected chi connectivity index (χ3v) is 5.62. The number of benzene rings is 3. The van der Waals surface area contributed by atoms with E-state index in [4.69, 9.17) is 19.3 Å². The Morgan fingerprint density at radius 3 is 2.12 bits per heavy atom. The van der Waals surface area contributed by atoms with Gasteiger partial charge in [0.15, 0.2) is 11.5 Å². The molecular weight excluding hydrogens is 433 g/mol. The number of aryl methyl sites for hydroxylation is 1. The predicted octanol–water partition coefficient (Wildman–Crippen LogP) is 5.30. The largest absolute Gasteiger partial charge is 0.493 e. The molecule has 0 aliphatic rings. The lowest BCUT2D eigenvalue weighted by molar-refractivity contribution is 0.321. The fourth-order valence-corrected chi connectivity index (χ4v) is 3.85. The van der Waals surface area contributed by atoms with Crippen LogP contribution in [0.25, 0.3) is 16.9 Å². The van der Waals surface area contributed by atoms with Crippen LogP contribution in [-0.4, -0.2) is 31.1 Å². The van der Waals surface area contributed by atoms with Crippen molar-refractivity contribution in [3.05, 3.63) is 89.4 Å². The highest BCUT2D eigenvalue weighted by molar-refractivity contribution is 5.63. The van der Waals surface area contributed by atoms with Gasteiger partial charge in [-0.3, -0.25) is 0 Å². The molecule has 0 unspecified atom stereocenters. The van der Waals surface area contributed by atoms with Gasteiger partial charge in [-0.1, -0.05) is 35.9 Å². The summed E-state index contributed by atoms with van der Waals surface area (Å²) in [5.41, 5.74) is 5.84. The number of nitrogens with one attached hydrogen (secondary N) is 1. The van der Waals surface area contributed by atoms with Crippen LogP contribution < -0.4 is 19.5 Å². The molecule has 0 saturated carbocycles. The van der Waals surface area contributed by atoms with Crippen LogP contribution in [-0.2, 0) is 13.1 Å². The van der Waals surface area contributed by atoms with Gasteiger partial charge in [0.2, 0.25) is 5.75 Å². The molecule has 0 aliphatic carbocycles. The quantitative estimate of drug-likeness (QED) is 0.366. The van der Waals surface area contributed by atoms with Gasteiger partial charge in [0.25, 0.3) is 0 Å². The van der Waals surface area contributed by atoms with Gasteiger partial charge in [-0.15, -0.1) is 0 Å². The number of ether oxygens (including phenoxy) is 3. The molecule has 0 fully saturated rings. The average Bonchev–Trinajstić information content (AvgIpc) is 3.28. The van der Waals surface area contributed by atoms with Crippen molar-refractivity contribution in [1.82, 2.24) is 15.1 Å². The summed E-state index contributed by atoms with van der Waals surface area (Å²) in [5.74, 6) is 1.54. The number of halogens is 1. The molecule has 0 aliphatic heterocycles. The Kier molecular flexibility index (Phi) is 7.13.